The first-order valence-corrected chi connectivity index (χ1v) is 11.7. The van der Waals surface area contributed by atoms with Gasteiger partial charge < -0.3 is 9.88 Å². The zero-order valence-corrected chi connectivity index (χ0v) is 21.1. The number of hydrogen-bond acceptors (Lipinski definition) is 2. The van der Waals surface area contributed by atoms with Crippen molar-refractivity contribution >= 4 is 38.7 Å². The minimum atomic E-state index is -1.60. The van der Waals surface area contributed by atoms with Gasteiger partial charge in [0.05, 0.1) is 0 Å². The Balaban J connectivity index is 0.00000192. The maximum Gasteiger partial charge on any atom is 0.131 e. The monoisotopic (exact) mass is 476 g/mol. The zero-order valence-electron chi connectivity index (χ0n) is 16.1. The van der Waals surface area contributed by atoms with Gasteiger partial charge >= 0.3 is 0 Å². The van der Waals surface area contributed by atoms with Gasteiger partial charge in [0, 0.05) is 61.6 Å². The van der Waals surface area contributed by atoms with Crippen LogP contribution in [-0.2, 0) is 26.2 Å². The molecule has 25 heavy (non-hydrogen) atoms. The van der Waals surface area contributed by atoms with Crippen molar-refractivity contribution in [2.75, 3.05) is 13.1 Å². The maximum absolute atomic E-state index is 3.97. The molecule has 0 spiro atoms. The second kappa shape index (κ2) is 9.55. The summed E-state index contributed by atoms with van der Waals surface area (Å²) in [4.78, 5) is 6.56. The molecule has 3 rings (SSSR count). The second-order valence-corrected chi connectivity index (χ2v) is 12.7. The van der Waals surface area contributed by atoms with Crippen molar-refractivity contribution in [2.45, 2.75) is 57.8 Å². The van der Waals surface area contributed by atoms with E-state index in [0.717, 1.165) is 0 Å². The van der Waals surface area contributed by atoms with Crippen molar-refractivity contribution in [3.8, 4) is 0 Å². The molecule has 1 fully saturated rings. The standard InChI is InChI=1S/C19H30N2Si.2ClH.Zr/c1-19(2,3)20-22(4,5)18-14-17(21-12-8-9-13-21)15-10-6-7-11-16(15)18;;;/h6-7,10-11,14,18,20H,8-9,12-13H2,1-5H3;2*1H;. The summed E-state index contributed by atoms with van der Waals surface area (Å²) in [5.41, 5.74) is 5.26. The average molecular weight is 479 g/mol. The van der Waals surface area contributed by atoms with E-state index in [-0.39, 0.29) is 56.6 Å². The molecule has 0 amide bonds. The van der Waals surface area contributed by atoms with Gasteiger partial charge in [0.25, 0.3) is 0 Å². The summed E-state index contributed by atoms with van der Waals surface area (Å²) in [6, 6.07) is 9.06. The van der Waals surface area contributed by atoms with E-state index in [1.165, 1.54) is 42.8 Å². The predicted octanol–water partition coefficient (Wildman–Crippen LogP) is 5.19. The third-order valence-corrected chi connectivity index (χ3v) is 8.24. The van der Waals surface area contributed by atoms with Crippen LogP contribution >= 0.6 is 24.8 Å². The van der Waals surface area contributed by atoms with Crippen LogP contribution in [0.25, 0.3) is 5.70 Å². The van der Waals surface area contributed by atoms with E-state index in [1.807, 2.05) is 0 Å². The van der Waals surface area contributed by atoms with Gasteiger partial charge in [-0.05, 0) is 39.2 Å². The van der Waals surface area contributed by atoms with Crippen molar-refractivity contribution in [3.63, 3.8) is 0 Å². The fraction of sp³-hybridized carbons (Fsp3) is 0.579. The van der Waals surface area contributed by atoms with Crippen molar-refractivity contribution in [1.82, 2.24) is 9.88 Å². The van der Waals surface area contributed by atoms with Crippen LogP contribution in [0, 0.1) is 0 Å². The van der Waals surface area contributed by atoms with E-state index in [2.05, 4.69) is 74.1 Å². The number of nitrogens with one attached hydrogen (secondary N) is 1. The van der Waals surface area contributed by atoms with Crippen LogP contribution in [0.15, 0.2) is 30.3 Å². The van der Waals surface area contributed by atoms with E-state index < -0.39 is 8.24 Å². The molecular weight excluding hydrogens is 446 g/mol. The van der Waals surface area contributed by atoms with E-state index in [1.54, 1.807) is 0 Å². The fourth-order valence-electron chi connectivity index (χ4n) is 4.21. The molecule has 1 aromatic carbocycles. The Kier molecular flexibility index (Phi) is 9.70. The maximum atomic E-state index is 3.97. The molecule has 1 atom stereocenters. The van der Waals surface area contributed by atoms with Crippen molar-refractivity contribution in [3.05, 3.63) is 41.5 Å². The predicted molar refractivity (Wildman–Crippen MR) is 113 cm³/mol. The van der Waals surface area contributed by atoms with Gasteiger partial charge in [0.1, 0.15) is 8.24 Å². The van der Waals surface area contributed by atoms with Gasteiger partial charge in [-0.25, -0.2) is 0 Å². The molecule has 0 radical (unpaired) electrons. The molecule has 0 aromatic heterocycles. The summed E-state index contributed by atoms with van der Waals surface area (Å²) in [7, 11) is -1.60. The molecule has 0 bridgehead atoms. The summed E-state index contributed by atoms with van der Waals surface area (Å²) >= 11 is 0. The average Bonchev–Trinajstić information content (AvgIpc) is 3.02. The number of hydrogen-bond donors (Lipinski definition) is 1. The van der Waals surface area contributed by atoms with Crippen LogP contribution in [0.1, 0.15) is 50.3 Å². The summed E-state index contributed by atoms with van der Waals surface area (Å²) in [5, 5.41) is 0. The molecule has 140 valence electrons. The zero-order chi connectivity index (χ0) is 16.0. The Morgan fingerprint density at radius 2 is 1.60 bits per heavy atom. The van der Waals surface area contributed by atoms with Crippen LogP contribution in [0.4, 0.5) is 0 Å². The number of nitrogens with zero attached hydrogens (tertiary/aromatic N) is 1. The van der Waals surface area contributed by atoms with Crippen LogP contribution in [0.3, 0.4) is 0 Å². The molecule has 1 aromatic rings. The van der Waals surface area contributed by atoms with Crippen molar-refractivity contribution < 1.29 is 26.2 Å². The first-order valence-electron chi connectivity index (χ1n) is 8.63. The Morgan fingerprint density at radius 3 is 2.16 bits per heavy atom. The number of likely N-dealkylation sites (tertiary alicyclic amines) is 1. The van der Waals surface area contributed by atoms with E-state index in [0.29, 0.717) is 5.54 Å². The van der Waals surface area contributed by atoms with Crippen molar-refractivity contribution in [2.24, 2.45) is 0 Å². The summed E-state index contributed by atoms with van der Waals surface area (Å²) in [5.74, 6) is 0. The van der Waals surface area contributed by atoms with Crippen molar-refractivity contribution in [1.29, 1.82) is 0 Å². The molecule has 2 aliphatic rings. The smallest absolute Gasteiger partial charge is 0.131 e. The van der Waals surface area contributed by atoms with Gasteiger partial charge in [0.2, 0.25) is 0 Å². The Morgan fingerprint density at radius 1 is 1.04 bits per heavy atom. The fourth-order valence-corrected chi connectivity index (χ4v) is 7.91. The van der Waals surface area contributed by atoms with Crippen LogP contribution in [0.5, 0.6) is 0 Å². The number of benzene rings is 1. The Hall–Kier alpha value is 0.400. The largest absolute Gasteiger partial charge is 0.371 e. The molecule has 1 unspecified atom stereocenters. The quantitative estimate of drug-likeness (QED) is 0.601. The third kappa shape index (κ3) is 5.69. The molecule has 1 saturated heterocycles. The van der Waals surface area contributed by atoms with Gasteiger partial charge in [-0.15, -0.1) is 24.8 Å². The molecule has 1 aliphatic carbocycles. The van der Waals surface area contributed by atoms with E-state index in [4.69, 9.17) is 0 Å². The van der Waals surface area contributed by atoms with Gasteiger partial charge in [-0.1, -0.05) is 43.4 Å². The molecule has 2 nitrogen and oxygen atoms in total. The van der Waals surface area contributed by atoms with Gasteiger partial charge in [-0.3, -0.25) is 0 Å². The normalized spacial score (nSPS) is 19.3. The third-order valence-electron chi connectivity index (χ3n) is 4.82. The first-order chi connectivity index (χ1) is 10.3. The Bertz CT molecular complexity index is 593. The number of allylic oxidation sites excluding steroid dienone is 1. The molecule has 1 heterocycles. The van der Waals surface area contributed by atoms with E-state index in [9.17, 15) is 0 Å². The molecule has 6 heteroatoms. The summed E-state index contributed by atoms with van der Waals surface area (Å²) in [6.07, 6.45) is 5.25. The van der Waals surface area contributed by atoms with Crippen LogP contribution < -0.4 is 4.98 Å². The van der Waals surface area contributed by atoms with Gasteiger partial charge in [0.15, 0.2) is 0 Å². The van der Waals surface area contributed by atoms with Crippen LogP contribution in [0.2, 0.25) is 13.1 Å². The molecular formula is C19H32Cl2N2SiZr. The number of halogens is 2. The SMILES string of the molecule is CC(C)(C)N[Si](C)(C)C1C=C(N2CCCC2)c2ccccc21.Cl.Cl.[Zr]. The minimum absolute atomic E-state index is 0. The Labute approximate surface area is 186 Å². The first kappa shape index (κ1) is 25.4. The number of fused-ring (bicyclic) bond motifs is 1. The van der Waals surface area contributed by atoms with Gasteiger partial charge in [-0.2, -0.15) is 0 Å². The topological polar surface area (TPSA) is 15.3 Å². The minimum Gasteiger partial charge on any atom is -0.371 e. The molecule has 1 aliphatic heterocycles. The van der Waals surface area contributed by atoms with Crippen LogP contribution in [-0.4, -0.2) is 31.8 Å². The van der Waals surface area contributed by atoms with E-state index >= 15 is 0 Å². The second-order valence-electron chi connectivity index (χ2n) is 8.41. The summed E-state index contributed by atoms with van der Waals surface area (Å²) in [6.45, 7) is 14.3. The summed E-state index contributed by atoms with van der Waals surface area (Å²) < 4.78 is 0. The number of rotatable bonds is 3. The molecule has 1 N–H and O–H groups in total. The molecule has 0 saturated carbocycles.